The summed E-state index contributed by atoms with van der Waals surface area (Å²) in [6.07, 6.45) is 0. The van der Waals surface area contributed by atoms with Gasteiger partial charge in [-0.1, -0.05) is 82.1 Å². The first-order valence-electron chi connectivity index (χ1n) is 10.8. The number of hydrogen-bond donors (Lipinski definition) is 1. The minimum absolute atomic E-state index is 0.586. The Hall–Kier alpha value is -3.41. The molecule has 4 aromatic carbocycles. The van der Waals surface area contributed by atoms with E-state index in [0.29, 0.717) is 17.1 Å². The predicted molar refractivity (Wildman–Crippen MR) is 143 cm³/mol. The summed E-state index contributed by atoms with van der Waals surface area (Å²) in [4.78, 5) is 0. The first kappa shape index (κ1) is 22.4. The molecule has 0 amide bonds. The van der Waals surface area contributed by atoms with Gasteiger partial charge in [-0.2, -0.15) is 0 Å². The molecule has 0 aliphatic rings. The summed E-state index contributed by atoms with van der Waals surface area (Å²) < 4.78 is 6.40. The first-order chi connectivity index (χ1) is 16.6. The van der Waals surface area contributed by atoms with Crippen LogP contribution in [0.2, 0.25) is 5.02 Å². The van der Waals surface area contributed by atoms with Crippen molar-refractivity contribution in [3.05, 3.63) is 106 Å². The second kappa shape index (κ2) is 9.84. The third-order valence-corrected chi connectivity index (χ3v) is 6.76. The van der Waals surface area contributed by atoms with E-state index in [2.05, 4.69) is 49.6 Å². The van der Waals surface area contributed by atoms with Crippen LogP contribution in [-0.4, -0.2) is 17.3 Å². The quantitative estimate of drug-likeness (QED) is 0.242. The Morgan fingerprint density at radius 1 is 0.853 bits per heavy atom. The molecular weight excluding hydrogens is 510 g/mol. The van der Waals surface area contributed by atoms with E-state index in [1.807, 2.05) is 72.8 Å². The highest BCUT2D eigenvalue weighted by molar-refractivity contribution is 9.10. The van der Waals surface area contributed by atoms with E-state index in [0.717, 1.165) is 49.2 Å². The Morgan fingerprint density at radius 2 is 1.65 bits per heavy atom. The number of anilines is 1. The zero-order valence-corrected chi connectivity index (χ0v) is 20.8. The summed E-state index contributed by atoms with van der Waals surface area (Å²) in [7, 11) is 1.67. The van der Waals surface area contributed by atoms with Crippen molar-refractivity contribution < 1.29 is 4.74 Å². The van der Waals surface area contributed by atoms with Crippen molar-refractivity contribution in [1.29, 1.82) is 0 Å². The Bertz CT molecular complexity index is 1470. The Balaban J connectivity index is 1.58. The maximum Gasteiger partial charge on any atom is 0.119 e. The average Bonchev–Trinajstić information content (AvgIpc) is 2.88. The van der Waals surface area contributed by atoms with Gasteiger partial charge in [-0.15, -0.1) is 10.2 Å². The molecule has 0 bridgehead atoms. The molecule has 1 aromatic heterocycles. The summed E-state index contributed by atoms with van der Waals surface area (Å²) in [5.41, 5.74) is 6.67. The maximum absolute atomic E-state index is 6.47. The molecule has 6 heteroatoms. The lowest BCUT2D eigenvalue weighted by molar-refractivity contribution is 0.414. The van der Waals surface area contributed by atoms with E-state index in [1.165, 1.54) is 0 Å². The summed E-state index contributed by atoms with van der Waals surface area (Å²) in [5.74, 6) is 0.826. The van der Waals surface area contributed by atoms with Crippen molar-refractivity contribution in [3.8, 4) is 28.1 Å². The predicted octanol–water partition coefficient (Wildman–Crippen LogP) is 8.00. The summed E-state index contributed by atoms with van der Waals surface area (Å²) in [5, 5.41) is 14.1. The van der Waals surface area contributed by atoms with Gasteiger partial charge in [0.05, 0.1) is 12.1 Å². The molecular formula is C28H21BrClN3O. The standard InChI is InChI=1S/C28H21BrClN3O/c1-34-22-13-14-24(29)20(16-22)17-31-21-10-5-9-19(15-21)26-23-11-6-12-25(30)28(23)33-32-27(26)18-7-3-2-4-8-18/h2-16,31H,17H2,1H3. The molecule has 0 saturated heterocycles. The Kier molecular flexibility index (Phi) is 6.48. The molecule has 5 aromatic rings. The molecule has 0 radical (unpaired) electrons. The first-order valence-corrected chi connectivity index (χ1v) is 12.0. The SMILES string of the molecule is COc1ccc(Br)c(CNc2cccc(-c3c(-c4ccccc4)nnc4c(Cl)cccc34)c2)c1. The van der Waals surface area contributed by atoms with Crippen LogP contribution in [0.3, 0.4) is 0 Å². The molecule has 4 nitrogen and oxygen atoms in total. The molecule has 0 aliphatic heterocycles. The number of benzene rings is 4. The molecule has 0 fully saturated rings. The van der Waals surface area contributed by atoms with Crippen LogP contribution in [-0.2, 0) is 6.54 Å². The van der Waals surface area contributed by atoms with Crippen molar-refractivity contribution in [3.63, 3.8) is 0 Å². The van der Waals surface area contributed by atoms with Gasteiger partial charge < -0.3 is 10.1 Å². The molecule has 1 heterocycles. The number of nitrogens with zero attached hydrogens (tertiary/aromatic N) is 2. The molecule has 0 unspecified atom stereocenters. The zero-order chi connectivity index (χ0) is 23.5. The Labute approximate surface area is 211 Å². The van der Waals surface area contributed by atoms with Crippen molar-refractivity contribution in [2.75, 3.05) is 12.4 Å². The fraction of sp³-hybridized carbons (Fsp3) is 0.0714. The number of rotatable bonds is 6. The summed E-state index contributed by atoms with van der Waals surface area (Å²) in [6.45, 7) is 0.647. The van der Waals surface area contributed by atoms with Gasteiger partial charge >= 0.3 is 0 Å². The van der Waals surface area contributed by atoms with Gasteiger partial charge in [-0.3, -0.25) is 0 Å². The lowest BCUT2D eigenvalue weighted by Gasteiger charge is -2.15. The van der Waals surface area contributed by atoms with Crippen molar-refractivity contribution in [2.24, 2.45) is 0 Å². The summed E-state index contributed by atoms with van der Waals surface area (Å²) in [6, 6.07) is 30.2. The molecule has 1 N–H and O–H groups in total. The normalized spacial score (nSPS) is 10.9. The van der Waals surface area contributed by atoms with Crippen LogP contribution in [0.15, 0.2) is 95.5 Å². The number of fused-ring (bicyclic) bond motifs is 1. The second-order valence-electron chi connectivity index (χ2n) is 7.82. The molecule has 5 rings (SSSR count). The Morgan fingerprint density at radius 3 is 2.47 bits per heavy atom. The third kappa shape index (κ3) is 4.49. The maximum atomic E-state index is 6.47. The minimum Gasteiger partial charge on any atom is -0.497 e. The third-order valence-electron chi connectivity index (χ3n) is 5.68. The van der Waals surface area contributed by atoms with Crippen LogP contribution >= 0.6 is 27.5 Å². The van der Waals surface area contributed by atoms with Crippen LogP contribution < -0.4 is 10.1 Å². The minimum atomic E-state index is 0.586. The van der Waals surface area contributed by atoms with Gasteiger partial charge in [-0.05, 0) is 47.5 Å². The van der Waals surface area contributed by atoms with E-state index >= 15 is 0 Å². The van der Waals surface area contributed by atoms with Gasteiger partial charge in [0, 0.05) is 33.2 Å². The van der Waals surface area contributed by atoms with Crippen molar-refractivity contribution in [1.82, 2.24) is 10.2 Å². The van der Waals surface area contributed by atoms with Gasteiger partial charge in [-0.25, -0.2) is 0 Å². The topological polar surface area (TPSA) is 47.0 Å². The molecule has 34 heavy (non-hydrogen) atoms. The highest BCUT2D eigenvalue weighted by Crippen LogP contribution is 2.38. The van der Waals surface area contributed by atoms with Crippen molar-refractivity contribution in [2.45, 2.75) is 6.54 Å². The number of hydrogen-bond acceptors (Lipinski definition) is 4. The van der Waals surface area contributed by atoms with Crippen molar-refractivity contribution >= 4 is 44.1 Å². The van der Waals surface area contributed by atoms with E-state index < -0.39 is 0 Å². The number of halogens is 2. The smallest absolute Gasteiger partial charge is 0.119 e. The monoisotopic (exact) mass is 529 g/mol. The van der Waals surface area contributed by atoms with Crippen LogP contribution in [0.5, 0.6) is 5.75 Å². The van der Waals surface area contributed by atoms with Gasteiger partial charge in [0.1, 0.15) is 17.0 Å². The average molecular weight is 531 g/mol. The van der Waals surface area contributed by atoms with Gasteiger partial charge in [0.25, 0.3) is 0 Å². The lowest BCUT2D eigenvalue weighted by atomic mass is 9.95. The van der Waals surface area contributed by atoms with Gasteiger partial charge in [0.2, 0.25) is 0 Å². The van der Waals surface area contributed by atoms with E-state index in [4.69, 9.17) is 16.3 Å². The molecule has 168 valence electrons. The molecule has 0 aliphatic carbocycles. The number of nitrogens with one attached hydrogen (secondary N) is 1. The second-order valence-corrected chi connectivity index (χ2v) is 9.08. The highest BCUT2D eigenvalue weighted by Gasteiger charge is 2.16. The summed E-state index contributed by atoms with van der Waals surface area (Å²) >= 11 is 10.1. The fourth-order valence-electron chi connectivity index (χ4n) is 3.98. The fourth-order valence-corrected chi connectivity index (χ4v) is 4.58. The molecule has 0 atom stereocenters. The number of aromatic nitrogens is 2. The van der Waals surface area contributed by atoms with Crippen LogP contribution in [0.25, 0.3) is 33.3 Å². The van der Waals surface area contributed by atoms with Crippen LogP contribution in [0.4, 0.5) is 5.69 Å². The molecule has 0 saturated carbocycles. The zero-order valence-electron chi connectivity index (χ0n) is 18.4. The number of methoxy groups -OCH3 is 1. The van der Waals surface area contributed by atoms with Gasteiger partial charge in [0.15, 0.2) is 0 Å². The largest absolute Gasteiger partial charge is 0.497 e. The number of ether oxygens (including phenoxy) is 1. The van der Waals surface area contributed by atoms with Crippen LogP contribution in [0.1, 0.15) is 5.56 Å². The molecule has 0 spiro atoms. The van der Waals surface area contributed by atoms with E-state index in [1.54, 1.807) is 7.11 Å². The van der Waals surface area contributed by atoms with E-state index in [-0.39, 0.29) is 0 Å². The van der Waals surface area contributed by atoms with E-state index in [9.17, 15) is 0 Å². The highest BCUT2D eigenvalue weighted by atomic mass is 79.9. The lowest BCUT2D eigenvalue weighted by Crippen LogP contribution is -2.01. The van der Waals surface area contributed by atoms with Crippen LogP contribution in [0, 0.1) is 0 Å².